The van der Waals surface area contributed by atoms with E-state index in [0.29, 0.717) is 37.9 Å². The monoisotopic (exact) mass is 518 g/mol. The lowest BCUT2D eigenvalue weighted by Crippen LogP contribution is -2.33. The number of aliphatic carboxylic acids is 1. The standard InChI is InChI=1S/C31H34O7/c1-19-10-27(37-18-26-7-6-24(32)17-36-26)11-20(2)31(19)22-5-3-4-21(12-22)15-35-25-8-9-28-23(13-30(33)34)16-38-29(28)14-25/h3-5,8-12,14,23-24,26,32H,6-7,13,15-18H2,1-2H3,(H,33,34)/t23?,24-,26-/m1/s1. The maximum atomic E-state index is 11.1. The summed E-state index contributed by atoms with van der Waals surface area (Å²) in [4.78, 5) is 11.1. The van der Waals surface area contributed by atoms with Crippen molar-refractivity contribution in [1.29, 1.82) is 0 Å². The van der Waals surface area contributed by atoms with E-state index in [1.165, 1.54) is 5.56 Å². The summed E-state index contributed by atoms with van der Waals surface area (Å²) in [6.45, 7) is 5.82. The van der Waals surface area contributed by atoms with Gasteiger partial charge >= 0.3 is 5.97 Å². The van der Waals surface area contributed by atoms with Crippen LogP contribution in [0.2, 0.25) is 0 Å². The van der Waals surface area contributed by atoms with E-state index >= 15 is 0 Å². The van der Waals surface area contributed by atoms with E-state index in [1.54, 1.807) is 0 Å². The molecular weight excluding hydrogens is 484 g/mol. The topological polar surface area (TPSA) is 94.5 Å². The lowest BCUT2D eigenvalue weighted by molar-refractivity contribution is -0.137. The van der Waals surface area contributed by atoms with Crippen molar-refractivity contribution in [3.63, 3.8) is 0 Å². The summed E-state index contributed by atoms with van der Waals surface area (Å²) in [5.41, 5.74) is 6.51. The first-order valence-corrected chi connectivity index (χ1v) is 13.1. The summed E-state index contributed by atoms with van der Waals surface area (Å²) in [5.74, 6) is 1.27. The van der Waals surface area contributed by atoms with Gasteiger partial charge in [0.05, 0.1) is 31.8 Å². The summed E-state index contributed by atoms with van der Waals surface area (Å²) in [5, 5.41) is 18.7. The Morgan fingerprint density at radius 3 is 2.53 bits per heavy atom. The van der Waals surface area contributed by atoms with E-state index in [-0.39, 0.29) is 24.5 Å². The van der Waals surface area contributed by atoms with Gasteiger partial charge < -0.3 is 29.2 Å². The van der Waals surface area contributed by atoms with Crippen LogP contribution in [0.25, 0.3) is 11.1 Å². The van der Waals surface area contributed by atoms with Gasteiger partial charge in [-0.1, -0.05) is 24.3 Å². The SMILES string of the molecule is Cc1cc(OC[C@H]2CC[C@@H](O)CO2)cc(C)c1-c1cccc(COc2ccc3c(c2)OCC3CC(=O)O)c1. The molecule has 5 rings (SSSR count). The average molecular weight is 519 g/mol. The Balaban J connectivity index is 1.23. The second kappa shape index (κ2) is 11.5. The number of aliphatic hydroxyl groups is 1. The van der Waals surface area contributed by atoms with Crippen LogP contribution < -0.4 is 14.2 Å². The molecule has 0 saturated carbocycles. The summed E-state index contributed by atoms with van der Waals surface area (Å²) in [6.07, 6.45) is 1.26. The Bertz CT molecular complexity index is 1270. The van der Waals surface area contributed by atoms with Gasteiger partial charge in [0, 0.05) is 17.5 Å². The summed E-state index contributed by atoms with van der Waals surface area (Å²) in [7, 11) is 0. The zero-order valence-corrected chi connectivity index (χ0v) is 21.8. The molecular formula is C31H34O7. The predicted molar refractivity (Wildman–Crippen MR) is 143 cm³/mol. The number of ether oxygens (including phenoxy) is 4. The third-order valence-corrected chi connectivity index (χ3v) is 7.20. The minimum atomic E-state index is -0.824. The van der Waals surface area contributed by atoms with Crippen molar-refractivity contribution in [2.75, 3.05) is 19.8 Å². The number of carboxylic acids is 1. The molecule has 0 aromatic heterocycles. The summed E-state index contributed by atoms with van der Waals surface area (Å²) < 4.78 is 23.5. The molecule has 1 saturated heterocycles. The number of carboxylic acid groups (broad SMARTS) is 1. The molecule has 0 aliphatic carbocycles. The lowest BCUT2D eigenvalue weighted by Gasteiger charge is -2.26. The second-order valence-corrected chi connectivity index (χ2v) is 10.2. The smallest absolute Gasteiger partial charge is 0.304 e. The minimum absolute atomic E-state index is 0.0128. The molecule has 0 radical (unpaired) electrons. The predicted octanol–water partition coefficient (Wildman–Crippen LogP) is 5.42. The van der Waals surface area contributed by atoms with Gasteiger partial charge in [-0.2, -0.15) is 0 Å². The van der Waals surface area contributed by atoms with Crippen molar-refractivity contribution in [2.24, 2.45) is 0 Å². The van der Waals surface area contributed by atoms with Gasteiger partial charge in [-0.15, -0.1) is 0 Å². The highest BCUT2D eigenvalue weighted by Crippen LogP contribution is 2.38. The van der Waals surface area contributed by atoms with Gasteiger partial charge in [-0.25, -0.2) is 0 Å². The first kappa shape index (κ1) is 26.1. The first-order chi connectivity index (χ1) is 18.4. The van der Waals surface area contributed by atoms with Gasteiger partial charge in [-0.05, 0) is 78.8 Å². The zero-order valence-electron chi connectivity index (χ0n) is 21.8. The third kappa shape index (κ3) is 6.11. The zero-order chi connectivity index (χ0) is 26.6. The number of hydrogen-bond donors (Lipinski definition) is 2. The molecule has 0 bridgehead atoms. The van der Waals surface area contributed by atoms with Crippen LogP contribution in [-0.2, 0) is 16.1 Å². The molecule has 3 aromatic rings. The Hall–Kier alpha value is -3.55. The third-order valence-electron chi connectivity index (χ3n) is 7.20. The first-order valence-electron chi connectivity index (χ1n) is 13.1. The maximum absolute atomic E-state index is 11.1. The van der Waals surface area contributed by atoms with Crippen molar-refractivity contribution in [3.05, 3.63) is 76.9 Å². The Morgan fingerprint density at radius 2 is 1.79 bits per heavy atom. The van der Waals surface area contributed by atoms with Crippen LogP contribution in [0.4, 0.5) is 0 Å². The molecule has 3 atom stereocenters. The van der Waals surface area contributed by atoms with Crippen LogP contribution in [-0.4, -0.2) is 48.2 Å². The molecule has 200 valence electrons. The molecule has 2 heterocycles. The molecule has 7 nitrogen and oxygen atoms in total. The van der Waals surface area contributed by atoms with E-state index in [1.807, 2.05) is 30.3 Å². The Kier molecular flexibility index (Phi) is 7.86. The highest BCUT2D eigenvalue weighted by molar-refractivity contribution is 5.72. The van der Waals surface area contributed by atoms with Crippen LogP contribution in [0.5, 0.6) is 17.2 Å². The molecule has 1 unspecified atom stereocenters. The highest BCUT2D eigenvalue weighted by atomic mass is 16.5. The Morgan fingerprint density at radius 1 is 0.974 bits per heavy atom. The molecule has 2 N–H and O–H groups in total. The summed E-state index contributed by atoms with van der Waals surface area (Å²) >= 11 is 0. The van der Waals surface area contributed by atoms with Gasteiger partial charge in [0.2, 0.25) is 0 Å². The fourth-order valence-corrected chi connectivity index (χ4v) is 5.29. The van der Waals surface area contributed by atoms with Gasteiger partial charge in [-0.3, -0.25) is 4.79 Å². The quantitative estimate of drug-likeness (QED) is 0.391. The molecule has 2 aliphatic heterocycles. The van der Waals surface area contributed by atoms with E-state index in [4.69, 9.17) is 24.1 Å². The molecule has 0 amide bonds. The van der Waals surface area contributed by atoms with Crippen LogP contribution in [0.1, 0.15) is 47.4 Å². The van der Waals surface area contributed by atoms with Crippen LogP contribution >= 0.6 is 0 Å². The van der Waals surface area contributed by atoms with E-state index in [9.17, 15) is 9.90 Å². The number of aliphatic hydroxyl groups excluding tert-OH is 1. The molecule has 3 aromatic carbocycles. The molecule has 1 fully saturated rings. The van der Waals surface area contributed by atoms with Crippen molar-refractivity contribution >= 4 is 5.97 Å². The molecule has 2 aliphatic rings. The second-order valence-electron chi connectivity index (χ2n) is 10.2. The van der Waals surface area contributed by atoms with Crippen LogP contribution in [0, 0.1) is 13.8 Å². The van der Waals surface area contributed by atoms with E-state index in [0.717, 1.165) is 46.4 Å². The number of fused-ring (bicyclic) bond motifs is 1. The van der Waals surface area contributed by atoms with Crippen molar-refractivity contribution < 1.29 is 34.0 Å². The van der Waals surface area contributed by atoms with Crippen LogP contribution in [0.15, 0.2) is 54.6 Å². The fourth-order valence-electron chi connectivity index (χ4n) is 5.29. The van der Waals surface area contributed by atoms with Gasteiger partial charge in [0.15, 0.2) is 0 Å². The molecule has 0 spiro atoms. The van der Waals surface area contributed by atoms with Crippen LogP contribution in [0.3, 0.4) is 0 Å². The van der Waals surface area contributed by atoms with Gasteiger partial charge in [0.25, 0.3) is 0 Å². The number of aryl methyl sites for hydroxylation is 2. The van der Waals surface area contributed by atoms with Crippen molar-refractivity contribution in [1.82, 2.24) is 0 Å². The largest absolute Gasteiger partial charge is 0.492 e. The average Bonchev–Trinajstić information content (AvgIpc) is 3.28. The number of carbonyl (C=O) groups is 1. The summed E-state index contributed by atoms with van der Waals surface area (Å²) in [6, 6.07) is 18.1. The fraction of sp³-hybridized carbons (Fsp3) is 0.387. The minimum Gasteiger partial charge on any atom is -0.492 e. The highest BCUT2D eigenvalue weighted by Gasteiger charge is 2.26. The van der Waals surface area contributed by atoms with Gasteiger partial charge in [0.1, 0.15) is 30.5 Å². The number of hydrogen-bond acceptors (Lipinski definition) is 6. The molecule has 7 heteroatoms. The lowest BCUT2D eigenvalue weighted by atomic mass is 9.94. The van der Waals surface area contributed by atoms with Crippen molar-refractivity contribution in [3.8, 4) is 28.4 Å². The number of rotatable bonds is 9. The molecule has 38 heavy (non-hydrogen) atoms. The number of benzene rings is 3. The Labute approximate surface area is 222 Å². The van der Waals surface area contributed by atoms with E-state index in [2.05, 4.69) is 38.1 Å². The normalized spacial score (nSPS) is 20.4. The van der Waals surface area contributed by atoms with Crippen molar-refractivity contribution in [2.45, 2.75) is 57.8 Å². The van der Waals surface area contributed by atoms with E-state index < -0.39 is 5.97 Å². The maximum Gasteiger partial charge on any atom is 0.304 e.